The number of thioether (sulfide) groups is 1. The molecule has 1 aliphatic heterocycles. The molecule has 0 atom stereocenters. The molecule has 1 aromatic rings. The van der Waals surface area contributed by atoms with Gasteiger partial charge in [-0.2, -0.15) is 0 Å². The summed E-state index contributed by atoms with van der Waals surface area (Å²) < 4.78 is 9.82. The molecule has 1 aliphatic rings. The van der Waals surface area contributed by atoms with Crippen molar-refractivity contribution < 1.29 is 19.1 Å². The van der Waals surface area contributed by atoms with Crippen molar-refractivity contribution in [2.45, 2.75) is 6.92 Å². The first-order valence-electron chi connectivity index (χ1n) is 6.22. The zero-order valence-electron chi connectivity index (χ0n) is 11.6. The summed E-state index contributed by atoms with van der Waals surface area (Å²) in [6.45, 7) is 2.51. The lowest BCUT2D eigenvalue weighted by Crippen LogP contribution is -2.19. The summed E-state index contributed by atoms with van der Waals surface area (Å²) in [5.74, 6) is -0.180. The summed E-state index contributed by atoms with van der Waals surface area (Å²) in [7, 11) is 1.26. The topological polar surface area (TPSA) is 77.0 Å². The van der Waals surface area contributed by atoms with Crippen LogP contribution in [0.2, 0.25) is 0 Å². The Bertz CT molecular complexity index is 608. The van der Waals surface area contributed by atoms with Gasteiger partial charge < -0.3 is 14.8 Å². The highest BCUT2D eigenvalue weighted by Crippen LogP contribution is 2.26. The van der Waals surface area contributed by atoms with E-state index < -0.39 is 5.97 Å². The summed E-state index contributed by atoms with van der Waals surface area (Å²) in [5, 5.41) is 3.00. The molecule has 1 N–H and O–H groups in total. The van der Waals surface area contributed by atoms with Crippen LogP contribution < -0.4 is 10.1 Å². The second-order valence-electron chi connectivity index (χ2n) is 3.93. The van der Waals surface area contributed by atoms with Gasteiger partial charge in [0.1, 0.15) is 5.75 Å². The molecule has 6 nitrogen and oxygen atoms in total. The van der Waals surface area contributed by atoms with Gasteiger partial charge in [-0.15, -0.1) is 0 Å². The third kappa shape index (κ3) is 4.09. The molecule has 1 fully saturated rings. The van der Waals surface area contributed by atoms with E-state index in [2.05, 4.69) is 15.0 Å². The van der Waals surface area contributed by atoms with Gasteiger partial charge in [0.15, 0.2) is 5.17 Å². The summed E-state index contributed by atoms with van der Waals surface area (Å²) in [6.07, 6.45) is 1.14. The highest BCUT2D eigenvalue weighted by Gasteiger charge is 2.24. The molecule has 0 aliphatic carbocycles. The Morgan fingerprint density at radius 3 is 2.71 bits per heavy atom. The lowest BCUT2D eigenvalue weighted by atomic mass is 10.3. The number of nitrogens with one attached hydrogen (secondary N) is 1. The summed E-state index contributed by atoms with van der Waals surface area (Å²) in [4.78, 5) is 27.3. The zero-order valence-corrected chi connectivity index (χ0v) is 12.4. The molecular formula is C14H14N2O4S. The Hall–Kier alpha value is -2.28. The van der Waals surface area contributed by atoms with Crippen LogP contribution in [0.4, 0.5) is 5.69 Å². The number of carbonyl (C=O) groups is 2. The molecule has 1 heterocycles. The second-order valence-corrected chi connectivity index (χ2v) is 4.96. The number of hydrogen-bond acceptors (Lipinski definition) is 6. The van der Waals surface area contributed by atoms with Crippen molar-refractivity contribution in [2.75, 3.05) is 13.7 Å². The fraction of sp³-hybridized carbons (Fsp3) is 0.214. The summed E-state index contributed by atoms with van der Waals surface area (Å²) in [5.41, 5.74) is 0.681. The number of hydrogen-bond donors (Lipinski definition) is 1. The van der Waals surface area contributed by atoms with Crippen molar-refractivity contribution in [3.05, 3.63) is 35.2 Å². The smallest absolute Gasteiger partial charge is 0.331 e. The van der Waals surface area contributed by atoms with Crippen LogP contribution in [-0.2, 0) is 14.3 Å². The molecule has 0 saturated carbocycles. The van der Waals surface area contributed by atoms with Gasteiger partial charge in [0.25, 0.3) is 5.91 Å². The Labute approximate surface area is 126 Å². The molecule has 110 valence electrons. The zero-order chi connectivity index (χ0) is 15.2. The van der Waals surface area contributed by atoms with Crippen molar-refractivity contribution in [3.63, 3.8) is 0 Å². The van der Waals surface area contributed by atoms with Gasteiger partial charge in [-0.3, -0.25) is 4.79 Å². The van der Waals surface area contributed by atoms with Crippen LogP contribution in [0.3, 0.4) is 0 Å². The summed E-state index contributed by atoms with van der Waals surface area (Å²) in [6, 6.07) is 7.17. The van der Waals surface area contributed by atoms with Crippen molar-refractivity contribution in [1.82, 2.24) is 5.32 Å². The first kappa shape index (κ1) is 15.1. The first-order valence-corrected chi connectivity index (χ1v) is 7.04. The predicted octanol–water partition coefficient (Wildman–Crippen LogP) is 1.99. The number of rotatable bonds is 4. The van der Waals surface area contributed by atoms with Gasteiger partial charge >= 0.3 is 5.97 Å². The molecule has 1 amide bonds. The van der Waals surface area contributed by atoms with E-state index in [1.165, 1.54) is 7.11 Å². The fourth-order valence-corrected chi connectivity index (χ4v) is 2.35. The molecule has 2 rings (SSSR count). The van der Waals surface area contributed by atoms with E-state index in [4.69, 9.17) is 4.74 Å². The fourth-order valence-electron chi connectivity index (χ4n) is 1.55. The number of methoxy groups -OCH3 is 1. The van der Waals surface area contributed by atoms with Gasteiger partial charge in [0.05, 0.1) is 24.3 Å². The average Bonchev–Trinajstić information content (AvgIpc) is 2.81. The second kappa shape index (κ2) is 6.94. The third-order valence-electron chi connectivity index (χ3n) is 2.48. The minimum atomic E-state index is -0.574. The van der Waals surface area contributed by atoms with E-state index in [1.807, 2.05) is 6.92 Å². The normalized spacial score (nSPS) is 17.9. The number of carbonyl (C=O) groups excluding carboxylic acids is 2. The maximum Gasteiger partial charge on any atom is 0.331 e. The quantitative estimate of drug-likeness (QED) is 0.680. The number of benzene rings is 1. The predicted molar refractivity (Wildman–Crippen MR) is 80.5 cm³/mol. The molecule has 7 heteroatoms. The van der Waals surface area contributed by atoms with Crippen molar-refractivity contribution in [1.29, 1.82) is 0 Å². The van der Waals surface area contributed by atoms with Crippen LogP contribution in [0.1, 0.15) is 6.92 Å². The van der Waals surface area contributed by atoms with Crippen LogP contribution in [-0.4, -0.2) is 30.8 Å². The average molecular weight is 306 g/mol. The largest absolute Gasteiger partial charge is 0.494 e. The van der Waals surface area contributed by atoms with Crippen molar-refractivity contribution in [3.8, 4) is 5.75 Å². The van der Waals surface area contributed by atoms with Crippen molar-refractivity contribution >= 4 is 34.5 Å². The summed E-state index contributed by atoms with van der Waals surface area (Å²) >= 11 is 1.09. The minimum absolute atomic E-state index is 0.256. The molecule has 0 bridgehead atoms. The van der Waals surface area contributed by atoms with Crippen LogP contribution in [0, 0.1) is 0 Å². The van der Waals surface area contributed by atoms with E-state index in [-0.39, 0.29) is 10.8 Å². The number of ether oxygens (including phenoxy) is 2. The Morgan fingerprint density at radius 1 is 1.38 bits per heavy atom. The van der Waals surface area contributed by atoms with Crippen LogP contribution >= 0.6 is 11.8 Å². The van der Waals surface area contributed by atoms with Gasteiger partial charge in [-0.25, -0.2) is 9.79 Å². The third-order valence-corrected chi connectivity index (χ3v) is 3.39. The number of aliphatic imine (C=N–C) groups is 1. The molecule has 1 saturated heterocycles. The monoisotopic (exact) mass is 306 g/mol. The highest BCUT2D eigenvalue weighted by molar-refractivity contribution is 8.18. The van der Waals surface area contributed by atoms with Crippen LogP contribution in [0.15, 0.2) is 40.2 Å². The lowest BCUT2D eigenvalue weighted by molar-refractivity contribution is -0.135. The van der Waals surface area contributed by atoms with E-state index in [0.717, 1.165) is 23.6 Å². The van der Waals surface area contributed by atoms with Gasteiger partial charge in [-0.1, -0.05) is 0 Å². The molecule has 0 spiro atoms. The van der Waals surface area contributed by atoms with E-state index >= 15 is 0 Å². The Kier molecular flexibility index (Phi) is 4.99. The van der Waals surface area contributed by atoms with Gasteiger partial charge in [0.2, 0.25) is 0 Å². The minimum Gasteiger partial charge on any atom is -0.494 e. The molecule has 0 radical (unpaired) electrons. The Balaban J connectivity index is 2.10. The number of amides is 1. The van der Waals surface area contributed by atoms with E-state index in [1.54, 1.807) is 24.3 Å². The number of esters is 1. The van der Waals surface area contributed by atoms with Crippen LogP contribution in [0.5, 0.6) is 5.75 Å². The van der Waals surface area contributed by atoms with Crippen molar-refractivity contribution in [2.24, 2.45) is 4.99 Å². The standard InChI is InChI=1S/C14H14N2O4S/c1-3-20-10-6-4-9(5-7-10)15-14-16-13(18)11(21-14)8-12(17)19-2/h4-8H,3H2,1-2H3,(H,15,16,18). The van der Waals surface area contributed by atoms with Gasteiger partial charge in [0, 0.05) is 6.08 Å². The van der Waals surface area contributed by atoms with E-state index in [0.29, 0.717) is 17.5 Å². The lowest BCUT2D eigenvalue weighted by Gasteiger charge is -2.02. The number of nitrogens with zero attached hydrogens (tertiary/aromatic N) is 1. The molecule has 0 unspecified atom stereocenters. The van der Waals surface area contributed by atoms with Crippen LogP contribution in [0.25, 0.3) is 0 Å². The van der Waals surface area contributed by atoms with Gasteiger partial charge in [-0.05, 0) is 43.0 Å². The maximum absolute atomic E-state index is 11.7. The first-order chi connectivity index (χ1) is 10.1. The highest BCUT2D eigenvalue weighted by atomic mass is 32.2. The maximum atomic E-state index is 11.7. The number of amidine groups is 1. The molecule has 21 heavy (non-hydrogen) atoms. The molecular weight excluding hydrogens is 292 g/mol. The van der Waals surface area contributed by atoms with E-state index in [9.17, 15) is 9.59 Å². The molecule has 1 aromatic carbocycles. The SMILES string of the molecule is CCOc1ccc(N=C2NC(=O)C(=CC(=O)OC)S2)cc1. The molecule has 0 aromatic heterocycles. The Morgan fingerprint density at radius 2 is 2.10 bits per heavy atom.